The molecule has 4 rings (SSSR count). The highest BCUT2D eigenvalue weighted by atomic mass is 32.1. The lowest BCUT2D eigenvalue weighted by molar-refractivity contribution is 0.0949. The minimum absolute atomic E-state index is 0.197. The fourth-order valence-electron chi connectivity index (χ4n) is 3.43. The number of thiazole rings is 1. The first-order valence-corrected chi connectivity index (χ1v) is 9.90. The molecule has 1 amide bonds. The minimum Gasteiger partial charge on any atom is -0.496 e. The van der Waals surface area contributed by atoms with Crippen LogP contribution in [0.1, 0.15) is 28.1 Å². The van der Waals surface area contributed by atoms with E-state index >= 15 is 0 Å². The van der Waals surface area contributed by atoms with Crippen LogP contribution < -0.4 is 9.54 Å². The Morgan fingerprint density at radius 2 is 2.11 bits per heavy atom. The monoisotopic (exact) mass is 382 g/mol. The number of hydrogen-bond acceptors (Lipinski definition) is 4. The maximum absolute atomic E-state index is 13.0. The summed E-state index contributed by atoms with van der Waals surface area (Å²) in [6.45, 7) is 3.57. The van der Waals surface area contributed by atoms with Gasteiger partial charge in [0.1, 0.15) is 5.75 Å². The predicted octanol–water partition coefficient (Wildman–Crippen LogP) is 3.94. The zero-order valence-corrected chi connectivity index (χ0v) is 16.3. The van der Waals surface area contributed by atoms with Gasteiger partial charge in [0.05, 0.1) is 25.3 Å². The molecule has 140 valence electrons. The molecule has 6 heteroatoms. The van der Waals surface area contributed by atoms with Crippen molar-refractivity contribution in [3.63, 3.8) is 0 Å². The molecule has 0 bridgehead atoms. The first-order valence-electron chi connectivity index (χ1n) is 9.08. The quantitative estimate of drug-likeness (QED) is 0.687. The summed E-state index contributed by atoms with van der Waals surface area (Å²) >= 11 is 1.52. The molecule has 2 heterocycles. The van der Waals surface area contributed by atoms with Gasteiger partial charge in [-0.1, -0.05) is 24.3 Å². The number of aromatic nitrogens is 1. The molecular weight excluding hydrogens is 360 g/mol. The fourth-order valence-corrected chi connectivity index (χ4v) is 4.27. The largest absolute Gasteiger partial charge is 0.496 e. The van der Waals surface area contributed by atoms with Crippen LogP contribution in [-0.4, -0.2) is 30.3 Å². The lowest BCUT2D eigenvalue weighted by Gasteiger charge is -2.10. The van der Waals surface area contributed by atoms with E-state index in [0.717, 1.165) is 41.6 Å². The minimum atomic E-state index is -0.291. The zero-order valence-electron chi connectivity index (χ0n) is 15.5. The van der Waals surface area contributed by atoms with E-state index in [9.17, 15) is 4.79 Å². The van der Waals surface area contributed by atoms with Gasteiger partial charge in [0, 0.05) is 17.7 Å². The number of carbonyl (C=O) groups excluding carboxylic acids is 1. The number of carbonyl (C=O) groups is 1. The van der Waals surface area contributed by atoms with Gasteiger partial charge in [-0.25, -0.2) is 0 Å². The molecule has 1 aromatic heterocycles. The van der Waals surface area contributed by atoms with Crippen LogP contribution in [0.4, 0.5) is 0 Å². The van der Waals surface area contributed by atoms with Crippen LogP contribution in [0.15, 0.2) is 47.6 Å². The van der Waals surface area contributed by atoms with Gasteiger partial charge in [0.25, 0.3) is 5.91 Å². The molecule has 1 aliphatic heterocycles. The van der Waals surface area contributed by atoms with E-state index in [-0.39, 0.29) is 12.0 Å². The van der Waals surface area contributed by atoms with Gasteiger partial charge < -0.3 is 14.0 Å². The first-order chi connectivity index (χ1) is 13.1. The van der Waals surface area contributed by atoms with Gasteiger partial charge in [-0.15, -0.1) is 11.3 Å². The number of rotatable bonds is 4. The summed E-state index contributed by atoms with van der Waals surface area (Å²) < 4.78 is 13.2. The second-order valence-corrected chi connectivity index (χ2v) is 7.94. The van der Waals surface area contributed by atoms with E-state index in [2.05, 4.69) is 4.99 Å². The Morgan fingerprint density at radius 1 is 1.33 bits per heavy atom. The van der Waals surface area contributed by atoms with Gasteiger partial charge in [-0.05, 0) is 42.7 Å². The van der Waals surface area contributed by atoms with Crippen LogP contribution in [0.25, 0.3) is 10.8 Å². The average Bonchev–Trinajstić information content (AvgIpc) is 3.30. The highest BCUT2D eigenvalue weighted by Gasteiger charge is 2.18. The SMILES string of the molecule is COc1cc2ccccc2cc1C(=O)/N=c1\sc(C)cn1CC1CCCO1. The Morgan fingerprint density at radius 3 is 2.81 bits per heavy atom. The Balaban J connectivity index is 1.72. The van der Waals surface area contributed by atoms with Crippen molar-refractivity contribution in [2.24, 2.45) is 4.99 Å². The Labute approximate surface area is 161 Å². The van der Waals surface area contributed by atoms with E-state index < -0.39 is 0 Å². The van der Waals surface area contributed by atoms with Crippen LogP contribution in [0, 0.1) is 6.92 Å². The van der Waals surface area contributed by atoms with Gasteiger partial charge in [-0.2, -0.15) is 4.99 Å². The molecule has 0 aliphatic carbocycles. The van der Waals surface area contributed by atoms with Crippen LogP contribution in [0.5, 0.6) is 5.75 Å². The molecule has 1 unspecified atom stereocenters. The third kappa shape index (κ3) is 3.82. The zero-order chi connectivity index (χ0) is 18.8. The summed E-state index contributed by atoms with van der Waals surface area (Å²) in [5.41, 5.74) is 0.478. The molecule has 0 saturated carbocycles. The standard InChI is InChI=1S/C21H22N2O3S/c1-14-12-23(13-17-8-5-9-26-17)21(27-14)22-20(24)18-10-15-6-3-4-7-16(15)11-19(18)25-2/h3-4,6-7,10-12,17H,5,8-9,13H2,1-2H3/b22-21-. The van der Waals surface area contributed by atoms with Crippen molar-refractivity contribution in [3.05, 3.63) is 57.8 Å². The summed E-state index contributed by atoms with van der Waals surface area (Å²) in [6.07, 6.45) is 4.38. The summed E-state index contributed by atoms with van der Waals surface area (Å²) in [4.78, 5) is 19.2. The first kappa shape index (κ1) is 17.9. The van der Waals surface area contributed by atoms with Crippen LogP contribution in [0.3, 0.4) is 0 Å². The van der Waals surface area contributed by atoms with Crippen molar-refractivity contribution in [2.45, 2.75) is 32.4 Å². The van der Waals surface area contributed by atoms with Gasteiger partial charge in [0.2, 0.25) is 0 Å². The molecule has 1 atom stereocenters. The van der Waals surface area contributed by atoms with Crippen molar-refractivity contribution in [2.75, 3.05) is 13.7 Å². The second-order valence-electron chi connectivity index (χ2n) is 6.73. The van der Waals surface area contributed by atoms with Crippen molar-refractivity contribution < 1.29 is 14.3 Å². The maximum Gasteiger partial charge on any atom is 0.283 e. The van der Waals surface area contributed by atoms with Crippen LogP contribution in [0.2, 0.25) is 0 Å². The highest BCUT2D eigenvalue weighted by Crippen LogP contribution is 2.26. The van der Waals surface area contributed by atoms with Crippen LogP contribution >= 0.6 is 11.3 Å². The Kier molecular flexibility index (Phi) is 5.09. The molecule has 27 heavy (non-hydrogen) atoms. The molecule has 1 saturated heterocycles. The Bertz CT molecular complexity index is 1050. The third-order valence-corrected chi connectivity index (χ3v) is 5.69. The highest BCUT2D eigenvalue weighted by molar-refractivity contribution is 7.09. The number of benzene rings is 2. The molecular formula is C21H22N2O3S. The number of ether oxygens (including phenoxy) is 2. The summed E-state index contributed by atoms with van der Waals surface area (Å²) in [5, 5.41) is 2.03. The summed E-state index contributed by atoms with van der Waals surface area (Å²) in [5.74, 6) is 0.252. The Hall–Kier alpha value is -2.44. The van der Waals surface area contributed by atoms with Gasteiger partial charge in [0.15, 0.2) is 4.80 Å². The number of methoxy groups -OCH3 is 1. The second kappa shape index (κ2) is 7.66. The van der Waals surface area contributed by atoms with E-state index in [0.29, 0.717) is 16.1 Å². The number of nitrogens with zero attached hydrogens (tertiary/aromatic N) is 2. The molecule has 0 N–H and O–H groups in total. The number of hydrogen-bond donors (Lipinski definition) is 0. The predicted molar refractivity (Wildman–Crippen MR) is 106 cm³/mol. The average molecular weight is 382 g/mol. The molecule has 1 fully saturated rings. The number of fused-ring (bicyclic) bond motifs is 1. The number of aryl methyl sites for hydroxylation is 1. The fraction of sp³-hybridized carbons (Fsp3) is 0.333. The lowest BCUT2D eigenvalue weighted by Crippen LogP contribution is -2.23. The van der Waals surface area contributed by atoms with E-state index in [4.69, 9.17) is 9.47 Å². The smallest absolute Gasteiger partial charge is 0.283 e. The summed E-state index contributed by atoms with van der Waals surface area (Å²) in [6, 6.07) is 11.7. The van der Waals surface area contributed by atoms with E-state index in [1.54, 1.807) is 7.11 Å². The van der Waals surface area contributed by atoms with Crippen LogP contribution in [-0.2, 0) is 11.3 Å². The molecule has 0 spiro atoms. The maximum atomic E-state index is 13.0. The topological polar surface area (TPSA) is 52.8 Å². The molecule has 0 radical (unpaired) electrons. The van der Waals surface area contributed by atoms with E-state index in [1.807, 2.05) is 54.1 Å². The van der Waals surface area contributed by atoms with Crippen molar-refractivity contribution >= 4 is 28.0 Å². The normalized spacial score (nSPS) is 17.6. The molecule has 2 aromatic carbocycles. The van der Waals surface area contributed by atoms with Crippen molar-refractivity contribution in [3.8, 4) is 5.75 Å². The summed E-state index contributed by atoms with van der Waals surface area (Å²) in [7, 11) is 1.58. The van der Waals surface area contributed by atoms with Crippen molar-refractivity contribution in [1.82, 2.24) is 4.57 Å². The van der Waals surface area contributed by atoms with Gasteiger partial charge >= 0.3 is 0 Å². The third-order valence-electron chi connectivity index (χ3n) is 4.76. The number of amides is 1. The van der Waals surface area contributed by atoms with Crippen molar-refractivity contribution in [1.29, 1.82) is 0 Å². The van der Waals surface area contributed by atoms with E-state index in [1.165, 1.54) is 11.3 Å². The van der Waals surface area contributed by atoms with Gasteiger partial charge in [-0.3, -0.25) is 4.79 Å². The molecule has 3 aromatic rings. The molecule has 5 nitrogen and oxygen atoms in total. The lowest BCUT2D eigenvalue weighted by atomic mass is 10.1. The molecule has 1 aliphatic rings.